The van der Waals surface area contributed by atoms with E-state index in [1.807, 2.05) is 0 Å². The Morgan fingerprint density at radius 3 is 2.09 bits per heavy atom. The Kier molecular flexibility index (Phi) is 1.69. The monoisotopic (exact) mass is 152 g/mol. The van der Waals surface area contributed by atoms with Gasteiger partial charge in [0.15, 0.2) is 0 Å². The van der Waals surface area contributed by atoms with E-state index in [1.165, 1.54) is 25.9 Å². The summed E-state index contributed by atoms with van der Waals surface area (Å²) in [5.74, 6) is 0. The van der Waals surface area contributed by atoms with Crippen LogP contribution in [0.4, 0.5) is 0 Å². The van der Waals surface area contributed by atoms with Gasteiger partial charge < -0.3 is 4.90 Å². The average Bonchev–Trinajstić information content (AvgIpc) is 2.70. The van der Waals surface area contributed by atoms with Crippen molar-refractivity contribution in [1.82, 2.24) is 9.80 Å². The van der Waals surface area contributed by atoms with Crippen molar-refractivity contribution in [2.45, 2.75) is 18.4 Å². The highest BCUT2D eigenvalue weighted by atomic mass is 15.3. The molecule has 0 unspecified atom stereocenters. The lowest BCUT2D eigenvalue weighted by Crippen LogP contribution is -2.49. The normalized spacial score (nSPS) is 32.2. The fraction of sp³-hybridized carbons (Fsp3) is 0.889. The molecule has 2 rings (SSSR count). The second-order valence-electron chi connectivity index (χ2n) is 3.89. The number of hydrogen-bond donors (Lipinski definition) is 0. The second-order valence-corrected chi connectivity index (χ2v) is 3.89. The van der Waals surface area contributed by atoms with Crippen LogP contribution in [-0.4, -0.2) is 48.6 Å². The number of piperazine rings is 1. The quantitative estimate of drug-likeness (QED) is 0.539. The molecule has 62 valence electrons. The third-order valence-electron chi connectivity index (χ3n) is 2.90. The van der Waals surface area contributed by atoms with Crippen LogP contribution in [-0.2, 0) is 0 Å². The zero-order chi connectivity index (χ0) is 7.90. The maximum atomic E-state index is 6.07. The minimum atomic E-state index is 0.112. The van der Waals surface area contributed by atoms with E-state index in [0.717, 1.165) is 13.1 Å². The van der Waals surface area contributed by atoms with Crippen molar-refractivity contribution in [2.75, 3.05) is 33.2 Å². The Morgan fingerprint density at radius 1 is 1.09 bits per heavy atom. The standard InChI is InChI=1S/C9H16N2/c1-9(3-4-9)11-7-5-10(2)6-8-11/h1H,3-8H2,2H3. The van der Waals surface area contributed by atoms with E-state index in [9.17, 15) is 0 Å². The van der Waals surface area contributed by atoms with Crippen molar-refractivity contribution in [2.24, 2.45) is 0 Å². The number of hydrogen-bond acceptors (Lipinski definition) is 2. The van der Waals surface area contributed by atoms with Gasteiger partial charge in [-0.05, 0) is 26.8 Å². The molecule has 0 atom stereocenters. The predicted octanol–water partition coefficient (Wildman–Crippen LogP) is 0.477. The van der Waals surface area contributed by atoms with Gasteiger partial charge in [-0.25, -0.2) is 0 Å². The second kappa shape index (κ2) is 2.46. The topological polar surface area (TPSA) is 6.48 Å². The Balaban J connectivity index is 1.87. The predicted molar refractivity (Wildman–Crippen MR) is 45.3 cm³/mol. The maximum Gasteiger partial charge on any atom is 0.0247 e. The molecule has 11 heavy (non-hydrogen) atoms. The van der Waals surface area contributed by atoms with E-state index in [2.05, 4.69) is 16.8 Å². The molecule has 1 aliphatic heterocycles. The molecular formula is C9H16N2. The molecule has 2 nitrogen and oxygen atoms in total. The summed E-state index contributed by atoms with van der Waals surface area (Å²) in [4.78, 5) is 4.80. The van der Waals surface area contributed by atoms with E-state index in [-0.39, 0.29) is 5.54 Å². The van der Waals surface area contributed by atoms with Gasteiger partial charge in [0.1, 0.15) is 0 Å². The van der Waals surface area contributed by atoms with Crippen LogP contribution in [0.1, 0.15) is 12.8 Å². The lowest BCUT2D eigenvalue weighted by molar-refractivity contribution is 0.119. The van der Waals surface area contributed by atoms with Gasteiger partial charge in [-0.1, -0.05) is 0 Å². The van der Waals surface area contributed by atoms with Gasteiger partial charge >= 0.3 is 0 Å². The Labute approximate surface area is 69.2 Å². The summed E-state index contributed by atoms with van der Waals surface area (Å²) in [5.41, 5.74) is 0.112. The first-order chi connectivity index (χ1) is 5.21. The molecule has 0 N–H and O–H groups in total. The minimum Gasteiger partial charge on any atom is -0.304 e. The fourth-order valence-electron chi connectivity index (χ4n) is 1.70. The van der Waals surface area contributed by atoms with E-state index in [0.29, 0.717) is 0 Å². The molecule has 0 spiro atoms. The number of rotatable bonds is 1. The lowest BCUT2D eigenvalue weighted by Gasteiger charge is -2.36. The summed E-state index contributed by atoms with van der Waals surface area (Å²) in [5, 5.41) is 0. The van der Waals surface area contributed by atoms with Crippen LogP contribution in [0.5, 0.6) is 0 Å². The van der Waals surface area contributed by atoms with Crippen LogP contribution in [0.25, 0.3) is 0 Å². The third-order valence-corrected chi connectivity index (χ3v) is 2.90. The summed E-state index contributed by atoms with van der Waals surface area (Å²) in [6.45, 7) is 10.8. The molecule has 2 fully saturated rings. The van der Waals surface area contributed by atoms with Crippen LogP contribution < -0.4 is 0 Å². The van der Waals surface area contributed by atoms with Crippen molar-refractivity contribution in [3.8, 4) is 0 Å². The van der Waals surface area contributed by atoms with E-state index in [4.69, 9.17) is 6.92 Å². The van der Waals surface area contributed by atoms with Crippen LogP contribution >= 0.6 is 0 Å². The minimum absolute atomic E-state index is 0.112. The van der Waals surface area contributed by atoms with Crippen molar-refractivity contribution >= 4 is 0 Å². The molecule has 2 aliphatic rings. The zero-order valence-electron chi connectivity index (χ0n) is 7.21. The largest absolute Gasteiger partial charge is 0.304 e. The molecule has 0 aromatic carbocycles. The van der Waals surface area contributed by atoms with Gasteiger partial charge in [-0.2, -0.15) is 0 Å². The molecule has 0 amide bonds. The highest BCUT2D eigenvalue weighted by Crippen LogP contribution is 2.40. The Bertz CT molecular complexity index is 144. The van der Waals surface area contributed by atoms with Gasteiger partial charge in [0.05, 0.1) is 0 Å². The lowest BCUT2D eigenvalue weighted by atomic mass is 10.2. The molecule has 0 bridgehead atoms. The van der Waals surface area contributed by atoms with Gasteiger partial charge in [0.25, 0.3) is 0 Å². The Morgan fingerprint density at radius 2 is 1.64 bits per heavy atom. The number of nitrogens with zero attached hydrogens (tertiary/aromatic N) is 2. The van der Waals surface area contributed by atoms with Gasteiger partial charge in [0, 0.05) is 31.7 Å². The molecule has 1 heterocycles. The SMILES string of the molecule is [CH]C1(N2CCN(C)CC2)CC1. The maximum absolute atomic E-state index is 6.07. The van der Waals surface area contributed by atoms with E-state index < -0.39 is 0 Å². The zero-order valence-corrected chi connectivity index (χ0v) is 7.21. The van der Waals surface area contributed by atoms with Crippen LogP contribution in [0.3, 0.4) is 0 Å². The fourth-order valence-corrected chi connectivity index (χ4v) is 1.70. The smallest absolute Gasteiger partial charge is 0.0247 e. The molecule has 1 saturated carbocycles. The van der Waals surface area contributed by atoms with Crippen molar-refractivity contribution in [3.63, 3.8) is 0 Å². The highest BCUT2D eigenvalue weighted by Gasteiger charge is 2.43. The van der Waals surface area contributed by atoms with Gasteiger partial charge in [-0.15, -0.1) is 0 Å². The van der Waals surface area contributed by atoms with Crippen LogP contribution in [0.15, 0.2) is 0 Å². The first kappa shape index (κ1) is 7.56. The summed E-state index contributed by atoms with van der Waals surface area (Å²) in [6.07, 6.45) is 2.41. The average molecular weight is 152 g/mol. The third kappa shape index (κ3) is 1.42. The van der Waals surface area contributed by atoms with Crippen LogP contribution in [0.2, 0.25) is 0 Å². The van der Waals surface area contributed by atoms with Gasteiger partial charge in [0.2, 0.25) is 0 Å². The van der Waals surface area contributed by atoms with Crippen molar-refractivity contribution in [3.05, 3.63) is 6.92 Å². The number of likely N-dealkylation sites (N-methyl/N-ethyl adjacent to an activating group) is 1. The molecule has 0 aromatic rings. The van der Waals surface area contributed by atoms with Crippen molar-refractivity contribution in [1.29, 1.82) is 0 Å². The first-order valence-electron chi connectivity index (χ1n) is 4.43. The van der Waals surface area contributed by atoms with E-state index >= 15 is 0 Å². The van der Waals surface area contributed by atoms with Gasteiger partial charge in [-0.3, -0.25) is 4.90 Å². The molecule has 1 saturated heterocycles. The molecule has 1 aliphatic carbocycles. The van der Waals surface area contributed by atoms with Crippen molar-refractivity contribution < 1.29 is 0 Å². The summed E-state index contributed by atoms with van der Waals surface area (Å²) < 4.78 is 0. The molecular weight excluding hydrogens is 136 g/mol. The summed E-state index contributed by atoms with van der Waals surface area (Å²) >= 11 is 0. The Hall–Kier alpha value is -0.0800. The molecule has 2 radical (unpaired) electrons. The summed E-state index contributed by atoms with van der Waals surface area (Å²) in [7, 11) is 2.17. The molecule has 2 heteroatoms. The first-order valence-corrected chi connectivity index (χ1v) is 4.43. The molecule has 0 aromatic heterocycles. The van der Waals surface area contributed by atoms with Crippen LogP contribution in [0, 0.1) is 6.92 Å². The van der Waals surface area contributed by atoms with E-state index in [1.54, 1.807) is 0 Å². The summed E-state index contributed by atoms with van der Waals surface area (Å²) in [6, 6.07) is 0. The highest BCUT2D eigenvalue weighted by molar-refractivity contribution is 5.06.